The molecule has 1 N–H and O–H groups in total. The Hall–Kier alpha value is -4.15. The molecular weight excluding hydrogens is 454 g/mol. The normalized spacial score (nSPS) is 15.3. The van der Waals surface area contributed by atoms with Gasteiger partial charge < -0.3 is 24.4 Å². The molecule has 5 rings (SSSR count). The van der Waals surface area contributed by atoms with E-state index in [9.17, 15) is 14.9 Å². The summed E-state index contributed by atoms with van der Waals surface area (Å²) < 4.78 is 15.9. The number of nitro benzene ring substituents is 1. The molecule has 0 bridgehead atoms. The number of nitrogens with zero attached hydrogens (tertiary/aromatic N) is 4. The van der Waals surface area contributed by atoms with Crippen LogP contribution in [0.3, 0.4) is 0 Å². The van der Waals surface area contributed by atoms with Crippen LogP contribution in [0.4, 0.5) is 17.2 Å². The number of rotatable bonds is 7. The zero-order chi connectivity index (χ0) is 24.4. The van der Waals surface area contributed by atoms with Crippen molar-refractivity contribution >= 4 is 34.1 Å². The lowest BCUT2D eigenvalue weighted by Gasteiger charge is -2.32. The van der Waals surface area contributed by atoms with Crippen molar-refractivity contribution in [1.29, 1.82) is 0 Å². The number of nitro groups is 1. The molecule has 11 heteroatoms. The maximum absolute atomic E-state index is 12.1. The van der Waals surface area contributed by atoms with Gasteiger partial charge in [0.1, 0.15) is 17.8 Å². The molecule has 0 atom stereocenters. The molecule has 0 amide bonds. The van der Waals surface area contributed by atoms with Gasteiger partial charge in [-0.15, -0.1) is 0 Å². The van der Waals surface area contributed by atoms with Crippen LogP contribution in [0.1, 0.15) is 25.3 Å². The molecule has 3 heterocycles. The van der Waals surface area contributed by atoms with Crippen LogP contribution in [0.25, 0.3) is 10.9 Å². The fourth-order valence-electron chi connectivity index (χ4n) is 4.47. The van der Waals surface area contributed by atoms with Crippen LogP contribution in [0.2, 0.25) is 0 Å². The number of nitrogens with one attached hydrogen (secondary N) is 1. The molecule has 2 aliphatic rings. The molecule has 0 saturated carbocycles. The van der Waals surface area contributed by atoms with Gasteiger partial charge in [-0.2, -0.15) is 0 Å². The van der Waals surface area contributed by atoms with Gasteiger partial charge in [0.15, 0.2) is 11.5 Å². The Morgan fingerprint density at radius 3 is 2.77 bits per heavy atom. The van der Waals surface area contributed by atoms with Crippen LogP contribution in [-0.2, 0) is 16.1 Å². The third-order valence-corrected chi connectivity index (χ3v) is 6.28. The molecule has 1 fully saturated rings. The quantitative estimate of drug-likeness (QED) is 0.304. The molecule has 0 radical (unpaired) electrons. The van der Waals surface area contributed by atoms with Gasteiger partial charge in [-0.1, -0.05) is 6.07 Å². The summed E-state index contributed by atoms with van der Waals surface area (Å²) in [4.78, 5) is 34.3. The van der Waals surface area contributed by atoms with Crippen molar-refractivity contribution in [3.8, 4) is 11.5 Å². The number of hydrogen-bond donors (Lipinski definition) is 1. The highest BCUT2D eigenvalue weighted by Gasteiger charge is 2.30. The van der Waals surface area contributed by atoms with Crippen LogP contribution < -0.4 is 19.7 Å². The Labute approximate surface area is 201 Å². The predicted octanol–water partition coefficient (Wildman–Crippen LogP) is 3.66. The molecule has 0 spiro atoms. The van der Waals surface area contributed by atoms with E-state index in [0.717, 1.165) is 5.56 Å². The van der Waals surface area contributed by atoms with Crippen molar-refractivity contribution in [3.63, 3.8) is 0 Å². The van der Waals surface area contributed by atoms with E-state index in [-0.39, 0.29) is 29.3 Å². The van der Waals surface area contributed by atoms with Gasteiger partial charge in [-0.05, 0) is 43.5 Å². The number of benzene rings is 2. The van der Waals surface area contributed by atoms with Crippen molar-refractivity contribution in [1.82, 2.24) is 9.97 Å². The van der Waals surface area contributed by atoms with Gasteiger partial charge in [0.2, 0.25) is 6.79 Å². The fourth-order valence-corrected chi connectivity index (χ4v) is 4.47. The third kappa shape index (κ3) is 4.61. The number of carbonyl (C=O) groups is 1. The maximum Gasteiger partial charge on any atom is 0.309 e. The Kier molecular flexibility index (Phi) is 6.21. The molecule has 35 heavy (non-hydrogen) atoms. The largest absolute Gasteiger partial charge is 0.466 e. The standard InChI is InChI=1S/C24H25N5O6/c1-2-33-24(30)16-5-7-28(8-6-16)19-11-18-17(10-20(19)29(31)32)23(27-13-26-18)25-12-15-3-4-21-22(9-15)35-14-34-21/h3-4,9-11,13,16H,2,5-8,12,14H2,1H3,(H,25,26,27). The number of hydrogen-bond acceptors (Lipinski definition) is 10. The van der Waals surface area contributed by atoms with Crippen LogP contribution in [0, 0.1) is 16.0 Å². The predicted molar refractivity (Wildman–Crippen MR) is 128 cm³/mol. The number of esters is 1. The summed E-state index contributed by atoms with van der Waals surface area (Å²) >= 11 is 0. The van der Waals surface area contributed by atoms with Crippen LogP contribution in [0.15, 0.2) is 36.7 Å². The smallest absolute Gasteiger partial charge is 0.309 e. The van der Waals surface area contributed by atoms with Gasteiger partial charge in [0.05, 0.1) is 23.0 Å². The SMILES string of the molecule is CCOC(=O)C1CCN(c2cc3ncnc(NCc4ccc5c(c4)OCO5)c3cc2[N+](=O)[O-])CC1. The third-order valence-electron chi connectivity index (χ3n) is 6.28. The minimum absolute atomic E-state index is 0.0204. The summed E-state index contributed by atoms with van der Waals surface area (Å²) in [6.45, 7) is 3.83. The lowest BCUT2D eigenvalue weighted by molar-refractivity contribution is -0.384. The number of piperidine rings is 1. The molecule has 182 valence electrons. The number of carbonyl (C=O) groups excluding carboxylic acids is 1. The minimum atomic E-state index is -0.388. The van der Waals surface area contributed by atoms with Crippen molar-refractivity contribution in [2.24, 2.45) is 5.92 Å². The fraction of sp³-hybridized carbons (Fsp3) is 0.375. The lowest BCUT2D eigenvalue weighted by atomic mass is 9.96. The Morgan fingerprint density at radius 2 is 2.00 bits per heavy atom. The van der Waals surface area contributed by atoms with E-state index in [2.05, 4.69) is 15.3 Å². The van der Waals surface area contributed by atoms with Crippen molar-refractivity contribution < 1.29 is 23.9 Å². The molecular formula is C24H25N5O6. The van der Waals surface area contributed by atoms with Gasteiger partial charge >= 0.3 is 5.97 Å². The first-order chi connectivity index (χ1) is 17.0. The zero-order valence-corrected chi connectivity index (χ0v) is 19.2. The number of anilines is 2. The van der Waals surface area contributed by atoms with Gasteiger partial charge in [0.25, 0.3) is 5.69 Å². The van der Waals surface area contributed by atoms with Crippen molar-refractivity contribution in [3.05, 3.63) is 52.3 Å². The molecule has 2 aromatic carbocycles. The average molecular weight is 479 g/mol. The van der Waals surface area contributed by atoms with Crippen LogP contribution >= 0.6 is 0 Å². The first kappa shape index (κ1) is 22.6. The summed E-state index contributed by atoms with van der Waals surface area (Å²) in [5.41, 5.74) is 2.02. The summed E-state index contributed by atoms with van der Waals surface area (Å²) in [7, 11) is 0. The van der Waals surface area contributed by atoms with E-state index in [1.165, 1.54) is 12.4 Å². The van der Waals surface area contributed by atoms with E-state index >= 15 is 0 Å². The molecule has 1 saturated heterocycles. The van der Waals surface area contributed by atoms with E-state index in [1.54, 1.807) is 13.0 Å². The first-order valence-electron chi connectivity index (χ1n) is 11.5. The van der Waals surface area contributed by atoms with Crippen LogP contribution in [0.5, 0.6) is 11.5 Å². The van der Waals surface area contributed by atoms with Crippen molar-refractivity contribution in [2.75, 3.05) is 36.7 Å². The van der Waals surface area contributed by atoms with Crippen molar-refractivity contribution in [2.45, 2.75) is 26.3 Å². The zero-order valence-electron chi connectivity index (χ0n) is 19.2. The van der Waals surface area contributed by atoms with Gasteiger partial charge in [0, 0.05) is 31.1 Å². The second-order valence-corrected chi connectivity index (χ2v) is 8.39. The minimum Gasteiger partial charge on any atom is -0.466 e. The van der Waals surface area contributed by atoms with Crippen LogP contribution in [-0.4, -0.2) is 47.3 Å². The summed E-state index contributed by atoms with van der Waals surface area (Å²) in [5.74, 6) is 1.51. The molecule has 11 nitrogen and oxygen atoms in total. The number of fused-ring (bicyclic) bond motifs is 2. The Morgan fingerprint density at radius 1 is 1.20 bits per heavy atom. The van der Waals surface area contributed by atoms with Gasteiger partial charge in [-0.3, -0.25) is 14.9 Å². The summed E-state index contributed by atoms with van der Waals surface area (Å²) in [5, 5.41) is 15.8. The molecule has 3 aromatic rings. The second-order valence-electron chi connectivity index (χ2n) is 8.39. The highest BCUT2D eigenvalue weighted by atomic mass is 16.7. The Balaban J connectivity index is 1.38. The average Bonchev–Trinajstić information content (AvgIpc) is 3.35. The highest BCUT2D eigenvalue weighted by Crippen LogP contribution is 2.37. The number of ether oxygens (including phenoxy) is 3. The second kappa shape index (κ2) is 9.61. The highest BCUT2D eigenvalue weighted by molar-refractivity contribution is 5.94. The van der Waals surface area contributed by atoms with Gasteiger partial charge in [-0.25, -0.2) is 9.97 Å². The molecule has 1 aromatic heterocycles. The molecule has 0 aliphatic carbocycles. The Bertz CT molecular complexity index is 1270. The van der Waals surface area contributed by atoms with E-state index in [0.29, 0.717) is 73.0 Å². The number of aromatic nitrogens is 2. The van der Waals surface area contributed by atoms with E-state index < -0.39 is 0 Å². The summed E-state index contributed by atoms with van der Waals surface area (Å²) in [6, 6.07) is 8.90. The van der Waals surface area contributed by atoms with E-state index in [4.69, 9.17) is 14.2 Å². The van der Waals surface area contributed by atoms with E-state index in [1.807, 2.05) is 23.1 Å². The summed E-state index contributed by atoms with van der Waals surface area (Å²) in [6.07, 6.45) is 2.60. The first-order valence-corrected chi connectivity index (χ1v) is 11.5. The topological polar surface area (TPSA) is 129 Å². The maximum atomic E-state index is 12.1. The molecule has 0 unspecified atom stereocenters. The monoisotopic (exact) mass is 479 g/mol. The lowest BCUT2D eigenvalue weighted by Crippen LogP contribution is -2.37. The molecule has 2 aliphatic heterocycles.